The third-order valence-corrected chi connectivity index (χ3v) is 5.94. The van der Waals surface area contributed by atoms with Crippen molar-refractivity contribution in [1.82, 2.24) is 23.8 Å². The van der Waals surface area contributed by atoms with Crippen LogP contribution in [0, 0.1) is 0 Å². The van der Waals surface area contributed by atoms with Gasteiger partial charge in [-0.1, -0.05) is 5.16 Å². The standard InChI is InChI=1S/C24H23F3N6O6/c1-31-13-28-20-19(31)22(36)33(23(37)32(20)2)10-4-3-5-18(34)38-12-17-16(11-29-39-17)21(35)30-15-8-6-14(7-9-15)24(25,26)27/h6-9,11,13H,3-5,10,12H2,1-2H3,(H,30,35). The zero-order valence-corrected chi connectivity index (χ0v) is 20.8. The highest BCUT2D eigenvalue weighted by Crippen LogP contribution is 2.30. The Morgan fingerprint density at radius 1 is 1.10 bits per heavy atom. The molecular formula is C24H23F3N6O6. The molecule has 3 heterocycles. The van der Waals surface area contributed by atoms with Crippen LogP contribution in [0.5, 0.6) is 0 Å². The average molecular weight is 548 g/mol. The molecule has 4 rings (SSSR count). The van der Waals surface area contributed by atoms with Crippen molar-refractivity contribution in [3.63, 3.8) is 0 Å². The van der Waals surface area contributed by atoms with E-state index >= 15 is 0 Å². The van der Waals surface area contributed by atoms with E-state index in [4.69, 9.17) is 9.26 Å². The number of alkyl halides is 3. The monoisotopic (exact) mass is 548 g/mol. The number of rotatable bonds is 9. The normalized spacial score (nSPS) is 11.6. The van der Waals surface area contributed by atoms with Gasteiger partial charge in [0.05, 0.1) is 18.1 Å². The summed E-state index contributed by atoms with van der Waals surface area (Å²) in [5, 5.41) is 5.95. The van der Waals surface area contributed by atoms with Crippen molar-refractivity contribution in [1.29, 1.82) is 0 Å². The SMILES string of the molecule is Cn1cnc2c1c(=O)n(CCCCC(=O)OCc1oncc1C(=O)Nc1ccc(C(F)(F)F)cc1)c(=O)n2C. The molecule has 0 bridgehead atoms. The number of imidazole rings is 1. The number of esters is 1. The Kier molecular flexibility index (Phi) is 7.69. The van der Waals surface area contributed by atoms with Gasteiger partial charge in [0.25, 0.3) is 11.5 Å². The number of anilines is 1. The summed E-state index contributed by atoms with van der Waals surface area (Å²) in [4.78, 5) is 54.0. The van der Waals surface area contributed by atoms with Crippen LogP contribution in [0.2, 0.25) is 0 Å². The molecule has 0 saturated heterocycles. The first kappa shape index (κ1) is 27.3. The second-order valence-corrected chi connectivity index (χ2v) is 8.64. The van der Waals surface area contributed by atoms with E-state index in [1.807, 2.05) is 0 Å². The lowest BCUT2D eigenvalue weighted by Gasteiger charge is -2.09. The van der Waals surface area contributed by atoms with Gasteiger partial charge in [-0.3, -0.25) is 23.5 Å². The predicted molar refractivity (Wildman–Crippen MR) is 130 cm³/mol. The van der Waals surface area contributed by atoms with Gasteiger partial charge in [-0.25, -0.2) is 9.78 Å². The number of hydrogen-bond donors (Lipinski definition) is 1. The Morgan fingerprint density at radius 2 is 1.82 bits per heavy atom. The van der Waals surface area contributed by atoms with Gasteiger partial charge < -0.3 is 19.1 Å². The molecule has 3 aromatic heterocycles. The summed E-state index contributed by atoms with van der Waals surface area (Å²) in [6, 6.07) is 3.87. The van der Waals surface area contributed by atoms with E-state index < -0.39 is 41.5 Å². The fourth-order valence-corrected chi connectivity index (χ4v) is 3.85. The number of hydrogen-bond acceptors (Lipinski definition) is 8. The van der Waals surface area contributed by atoms with E-state index in [0.717, 1.165) is 35.0 Å². The Morgan fingerprint density at radius 3 is 2.51 bits per heavy atom. The number of carbonyl (C=O) groups excluding carboxylic acids is 2. The lowest BCUT2D eigenvalue weighted by molar-refractivity contribution is -0.145. The van der Waals surface area contributed by atoms with Crippen molar-refractivity contribution < 1.29 is 32.0 Å². The summed E-state index contributed by atoms with van der Waals surface area (Å²) in [5.41, 5.74) is -1.20. The Hall–Kier alpha value is -4.69. The fraction of sp³-hybridized carbons (Fsp3) is 0.333. The molecular weight excluding hydrogens is 525 g/mol. The summed E-state index contributed by atoms with van der Waals surface area (Å²) in [6.07, 6.45) is -1.32. The lowest BCUT2D eigenvalue weighted by Crippen LogP contribution is -2.39. The number of nitrogens with zero attached hydrogens (tertiary/aromatic N) is 5. The molecule has 1 aromatic carbocycles. The van der Waals surface area contributed by atoms with Crippen LogP contribution in [-0.4, -0.2) is 35.7 Å². The Labute approximate surface area is 217 Å². The first-order valence-electron chi connectivity index (χ1n) is 11.7. The van der Waals surface area contributed by atoms with Crippen LogP contribution >= 0.6 is 0 Å². The van der Waals surface area contributed by atoms with Gasteiger partial charge in [0, 0.05) is 32.7 Å². The minimum atomic E-state index is -4.50. The van der Waals surface area contributed by atoms with Crippen molar-refractivity contribution >= 4 is 28.7 Å². The molecule has 0 radical (unpaired) electrons. The number of benzene rings is 1. The number of halogens is 3. The molecule has 0 unspecified atom stereocenters. The van der Waals surface area contributed by atoms with Crippen molar-refractivity contribution in [3.05, 3.63) is 74.5 Å². The van der Waals surface area contributed by atoms with E-state index in [1.54, 1.807) is 7.05 Å². The highest BCUT2D eigenvalue weighted by molar-refractivity contribution is 6.04. The first-order chi connectivity index (χ1) is 18.5. The van der Waals surface area contributed by atoms with Crippen molar-refractivity contribution in [3.8, 4) is 0 Å². The maximum Gasteiger partial charge on any atom is 0.416 e. The number of ether oxygens (including phenoxy) is 1. The van der Waals surface area contributed by atoms with Crippen LogP contribution < -0.4 is 16.6 Å². The van der Waals surface area contributed by atoms with Crippen LogP contribution in [0.25, 0.3) is 11.2 Å². The molecule has 0 saturated carbocycles. The average Bonchev–Trinajstić information content (AvgIpc) is 3.52. The molecule has 0 aliphatic carbocycles. The van der Waals surface area contributed by atoms with Crippen LogP contribution in [0.1, 0.15) is 40.9 Å². The number of carbonyl (C=O) groups is 2. The number of unbranched alkanes of at least 4 members (excludes halogenated alkanes) is 1. The number of aryl methyl sites for hydroxylation is 2. The predicted octanol–water partition coefficient (Wildman–Crippen LogP) is 2.61. The molecule has 0 spiro atoms. The van der Waals surface area contributed by atoms with E-state index in [-0.39, 0.29) is 35.6 Å². The maximum atomic E-state index is 12.7. The Balaban J connectivity index is 1.28. The smallest absolute Gasteiger partial charge is 0.416 e. The molecule has 12 nitrogen and oxygen atoms in total. The van der Waals surface area contributed by atoms with E-state index in [0.29, 0.717) is 18.4 Å². The third-order valence-electron chi connectivity index (χ3n) is 5.94. The largest absolute Gasteiger partial charge is 0.457 e. The number of amides is 1. The molecule has 0 aliphatic rings. The third kappa shape index (κ3) is 5.91. The van der Waals surface area contributed by atoms with Crippen molar-refractivity contribution in [2.45, 2.75) is 38.6 Å². The molecule has 1 N–H and O–H groups in total. The lowest BCUT2D eigenvalue weighted by atomic mass is 10.2. The first-order valence-corrected chi connectivity index (χ1v) is 11.7. The summed E-state index contributed by atoms with van der Waals surface area (Å²) >= 11 is 0. The second-order valence-electron chi connectivity index (χ2n) is 8.64. The highest BCUT2D eigenvalue weighted by Gasteiger charge is 2.30. The molecule has 39 heavy (non-hydrogen) atoms. The molecule has 15 heteroatoms. The maximum absolute atomic E-state index is 12.7. The summed E-state index contributed by atoms with van der Waals surface area (Å²) < 4.78 is 52.1. The zero-order valence-electron chi connectivity index (χ0n) is 20.8. The second kappa shape index (κ2) is 11.0. The summed E-state index contributed by atoms with van der Waals surface area (Å²) in [7, 11) is 3.17. The topological polar surface area (TPSA) is 143 Å². The van der Waals surface area contributed by atoms with Crippen molar-refractivity contribution in [2.75, 3.05) is 5.32 Å². The van der Waals surface area contributed by atoms with Crippen LogP contribution in [0.3, 0.4) is 0 Å². The minimum absolute atomic E-state index is 0.0236. The quantitative estimate of drug-likeness (QED) is 0.248. The van der Waals surface area contributed by atoms with Gasteiger partial charge in [-0.15, -0.1) is 0 Å². The molecule has 206 valence electrons. The van der Waals surface area contributed by atoms with E-state index in [1.165, 1.54) is 22.5 Å². The summed E-state index contributed by atoms with van der Waals surface area (Å²) in [6.45, 7) is -0.304. The van der Waals surface area contributed by atoms with E-state index in [2.05, 4.69) is 15.5 Å². The van der Waals surface area contributed by atoms with Crippen LogP contribution in [0.15, 0.2) is 50.9 Å². The van der Waals surface area contributed by atoms with Gasteiger partial charge >= 0.3 is 17.8 Å². The molecule has 0 aliphatic heterocycles. The minimum Gasteiger partial charge on any atom is -0.457 e. The molecule has 4 aromatic rings. The zero-order chi connectivity index (χ0) is 28.3. The number of aromatic nitrogens is 5. The van der Waals surface area contributed by atoms with E-state index in [9.17, 15) is 32.3 Å². The van der Waals surface area contributed by atoms with Crippen LogP contribution in [0.4, 0.5) is 18.9 Å². The Bertz CT molecular complexity index is 1630. The van der Waals surface area contributed by atoms with Gasteiger partial charge in [0.15, 0.2) is 23.5 Å². The highest BCUT2D eigenvalue weighted by atomic mass is 19.4. The van der Waals surface area contributed by atoms with Crippen LogP contribution in [-0.2, 0) is 43.0 Å². The van der Waals surface area contributed by atoms with Gasteiger partial charge in [-0.2, -0.15) is 13.2 Å². The molecule has 1 amide bonds. The molecule has 0 fully saturated rings. The fourth-order valence-electron chi connectivity index (χ4n) is 3.85. The number of nitrogens with one attached hydrogen (secondary N) is 1. The van der Waals surface area contributed by atoms with Crippen molar-refractivity contribution in [2.24, 2.45) is 14.1 Å². The summed E-state index contributed by atoms with van der Waals surface area (Å²) in [5.74, 6) is -1.37. The molecule has 0 atom stereocenters. The van der Waals surface area contributed by atoms with Gasteiger partial charge in [-0.05, 0) is 37.1 Å². The van der Waals surface area contributed by atoms with Gasteiger partial charge in [0.2, 0.25) is 0 Å². The number of fused-ring (bicyclic) bond motifs is 1. The van der Waals surface area contributed by atoms with Gasteiger partial charge in [0.1, 0.15) is 5.56 Å².